The number of amides is 2. The summed E-state index contributed by atoms with van der Waals surface area (Å²) >= 11 is 0. The van der Waals surface area contributed by atoms with Crippen LogP contribution in [0.2, 0.25) is 0 Å². The maximum absolute atomic E-state index is 12.4. The van der Waals surface area contributed by atoms with Gasteiger partial charge in [-0.05, 0) is 28.8 Å². The molecular weight excluding hydrogens is 398 g/mol. The number of hydrogen-bond acceptors (Lipinski definition) is 2. The van der Waals surface area contributed by atoms with Crippen LogP contribution in [-0.4, -0.2) is 29.9 Å². The molecule has 0 saturated heterocycles. The van der Waals surface area contributed by atoms with E-state index in [0.717, 1.165) is 27.6 Å². The van der Waals surface area contributed by atoms with Crippen molar-refractivity contribution in [2.45, 2.75) is 5.92 Å². The molecule has 4 rings (SSSR count). The fourth-order valence-electron chi connectivity index (χ4n) is 3.72. The molecule has 1 aromatic heterocycles. The van der Waals surface area contributed by atoms with Crippen molar-refractivity contribution in [1.29, 1.82) is 0 Å². The molecule has 32 heavy (non-hydrogen) atoms. The van der Waals surface area contributed by atoms with Gasteiger partial charge in [-0.3, -0.25) is 9.59 Å². The van der Waals surface area contributed by atoms with Gasteiger partial charge in [-0.1, -0.05) is 78.9 Å². The first-order valence-corrected chi connectivity index (χ1v) is 10.6. The highest BCUT2D eigenvalue weighted by molar-refractivity contribution is 5.94. The van der Waals surface area contributed by atoms with Crippen LogP contribution in [0.25, 0.3) is 17.0 Å². The summed E-state index contributed by atoms with van der Waals surface area (Å²) in [7, 11) is 0. The molecule has 0 aliphatic heterocycles. The molecule has 0 fully saturated rings. The molecule has 2 amide bonds. The first kappa shape index (κ1) is 21.1. The Kier molecular flexibility index (Phi) is 6.78. The molecule has 1 unspecified atom stereocenters. The second-order valence-electron chi connectivity index (χ2n) is 7.52. The van der Waals surface area contributed by atoms with E-state index in [9.17, 15) is 9.59 Å². The number of nitrogens with one attached hydrogen (secondary N) is 3. The molecule has 0 bridgehead atoms. The standard InChI is InChI=1S/C27H25N3O2/c31-26(16-15-20-9-3-1-4-10-20)30-19-27(32)29-17-23(21-11-5-2-6-12-21)24-18-28-25-14-8-7-13-22(24)25/h1-16,18,23,28H,17,19H2,(H,29,32)(H,30,31)/b16-15+. The molecule has 3 aromatic carbocycles. The minimum Gasteiger partial charge on any atom is -0.361 e. The van der Waals surface area contributed by atoms with Crippen LogP contribution in [0.3, 0.4) is 0 Å². The van der Waals surface area contributed by atoms with Gasteiger partial charge in [-0.25, -0.2) is 0 Å². The minimum absolute atomic E-state index is 0.00928. The third kappa shape index (κ3) is 5.32. The number of para-hydroxylation sites is 1. The van der Waals surface area contributed by atoms with Crippen molar-refractivity contribution in [3.8, 4) is 0 Å². The SMILES string of the molecule is O=C(/C=C/c1ccccc1)NCC(=O)NCC(c1ccccc1)c1c[nH]c2ccccc12. The van der Waals surface area contributed by atoms with E-state index in [4.69, 9.17) is 0 Å². The molecule has 1 heterocycles. The van der Waals surface area contributed by atoms with E-state index in [1.54, 1.807) is 6.08 Å². The summed E-state index contributed by atoms with van der Waals surface area (Å²) in [6.07, 6.45) is 5.15. The molecule has 0 saturated carbocycles. The molecule has 0 radical (unpaired) electrons. The van der Waals surface area contributed by atoms with Gasteiger partial charge in [0.2, 0.25) is 11.8 Å². The molecule has 1 atom stereocenters. The summed E-state index contributed by atoms with van der Waals surface area (Å²) in [6.45, 7) is 0.355. The van der Waals surface area contributed by atoms with Crippen LogP contribution >= 0.6 is 0 Å². The molecule has 3 N–H and O–H groups in total. The van der Waals surface area contributed by atoms with Crippen molar-refractivity contribution < 1.29 is 9.59 Å². The summed E-state index contributed by atoms with van der Waals surface area (Å²) in [5.41, 5.74) is 4.23. The Morgan fingerprint density at radius 1 is 0.844 bits per heavy atom. The van der Waals surface area contributed by atoms with Crippen molar-refractivity contribution in [3.05, 3.63) is 114 Å². The Bertz CT molecular complexity index is 1210. The first-order valence-electron chi connectivity index (χ1n) is 10.6. The predicted molar refractivity (Wildman–Crippen MR) is 128 cm³/mol. The zero-order valence-electron chi connectivity index (χ0n) is 17.6. The summed E-state index contributed by atoms with van der Waals surface area (Å²) in [4.78, 5) is 27.8. The molecule has 5 nitrogen and oxygen atoms in total. The second kappa shape index (κ2) is 10.3. The zero-order chi connectivity index (χ0) is 22.2. The van der Waals surface area contributed by atoms with Crippen LogP contribution in [0, 0.1) is 0 Å². The van der Waals surface area contributed by atoms with Crippen molar-refractivity contribution in [1.82, 2.24) is 15.6 Å². The quantitative estimate of drug-likeness (QED) is 0.371. The van der Waals surface area contributed by atoms with Crippen LogP contribution in [0.15, 0.2) is 97.2 Å². The summed E-state index contributed by atoms with van der Waals surface area (Å²) in [6, 6.07) is 27.8. The van der Waals surface area contributed by atoms with Crippen molar-refractivity contribution >= 4 is 28.8 Å². The second-order valence-corrected chi connectivity index (χ2v) is 7.52. The van der Waals surface area contributed by atoms with Crippen LogP contribution in [-0.2, 0) is 9.59 Å². The van der Waals surface area contributed by atoms with Gasteiger partial charge in [0.1, 0.15) is 0 Å². The van der Waals surface area contributed by atoms with Gasteiger partial charge in [-0.2, -0.15) is 0 Å². The molecule has 5 heteroatoms. The average molecular weight is 424 g/mol. The van der Waals surface area contributed by atoms with Gasteiger partial charge in [0.25, 0.3) is 0 Å². The third-order valence-corrected chi connectivity index (χ3v) is 5.35. The monoisotopic (exact) mass is 423 g/mol. The van der Waals surface area contributed by atoms with Gasteiger partial charge in [-0.15, -0.1) is 0 Å². The van der Waals surface area contributed by atoms with Gasteiger partial charge in [0.05, 0.1) is 6.54 Å². The Labute approximate surface area is 187 Å². The Hall–Kier alpha value is -4.12. The van der Waals surface area contributed by atoms with E-state index in [0.29, 0.717) is 6.54 Å². The molecule has 0 spiro atoms. The number of rotatable bonds is 8. The molecular formula is C27H25N3O2. The number of carbonyl (C=O) groups is 2. The smallest absolute Gasteiger partial charge is 0.244 e. The first-order chi connectivity index (χ1) is 15.7. The van der Waals surface area contributed by atoms with Crippen LogP contribution < -0.4 is 10.6 Å². The van der Waals surface area contributed by atoms with E-state index in [2.05, 4.69) is 33.8 Å². The lowest BCUT2D eigenvalue weighted by atomic mass is 9.91. The number of aromatic amines is 1. The lowest BCUT2D eigenvalue weighted by Crippen LogP contribution is -2.38. The van der Waals surface area contributed by atoms with Gasteiger partial charge >= 0.3 is 0 Å². The fourth-order valence-corrected chi connectivity index (χ4v) is 3.72. The highest BCUT2D eigenvalue weighted by Crippen LogP contribution is 2.30. The molecule has 0 aliphatic carbocycles. The van der Waals surface area contributed by atoms with E-state index in [1.165, 1.54) is 6.08 Å². The maximum atomic E-state index is 12.4. The van der Waals surface area contributed by atoms with E-state index >= 15 is 0 Å². The number of aromatic nitrogens is 1. The number of carbonyl (C=O) groups excluding carboxylic acids is 2. The van der Waals surface area contributed by atoms with Crippen molar-refractivity contribution in [2.75, 3.05) is 13.1 Å². The summed E-state index contributed by atoms with van der Waals surface area (Å²) < 4.78 is 0. The minimum atomic E-state index is -0.305. The Morgan fingerprint density at radius 2 is 1.53 bits per heavy atom. The lowest BCUT2D eigenvalue weighted by molar-refractivity contribution is -0.123. The zero-order valence-corrected chi connectivity index (χ0v) is 17.6. The number of benzene rings is 3. The number of fused-ring (bicyclic) bond motifs is 1. The predicted octanol–water partition coefficient (Wildman–Crippen LogP) is 4.25. The van der Waals surface area contributed by atoms with Gasteiger partial charge in [0.15, 0.2) is 0 Å². The van der Waals surface area contributed by atoms with Crippen LogP contribution in [0.4, 0.5) is 0 Å². The Morgan fingerprint density at radius 3 is 2.31 bits per heavy atom. The molecule has 160 valence electrons. The van der Waals surface area contributed by atoms with Crippen molar-refractivity contribution in [2.24, 2.45) is 0 Å². The Balaban J connectivity index is 1.38. The van der Waals surface area contributed by atoms with Crippen LogP contribution in [0.5, 0.6) is 0 Å². The normalized spacial score (nSPS) is 12.0. The van der Waals surface area contributed by atoms with Crippen molar-refractivity contribution in [3.63, 3.8) is 0 Å². The fraction of sp³-hybridized carbons (Fsp3) is 0.111. The summed E-state index contributed by atoms with van der Waals surface area (Å²) in [5.74, 6) is -0.544. The number of H-pyrrole nitrogens is 1. The van der Waals surface area contributed by atoms with E-state index in [-0.39, 0.29) is 24.3 Å². The van der Waals surface area contributed by atoms with E-state index < -0.39 is 0 Å². The number of hydrogen-bond donors (Lipinski definition) is 3. The summed E-state index contributed by atoms with van der Waals surface area (Å²) in [5, 5.41) is 6.74. The van der Waals surface area contributed by atoms with E-state index in [1.807, 2.05) is 72.9 Å². The third-order valence-electron chi connectivity index (χ3n) is 5.35. The topological polar surface area (TPSA) is 74.0 Å². The highest BCUT2D eigenvalue weighted by Gasteiger charge is 2.19. The average Bonchev–Trinajstić information content (AvgIpc) is 3.27. The van der Waals surface area contributed by atoms with Crippen LogP contribution in [0.1, 0.15) is 22.6 Å². The largest absolute Gasteiger partial charge is 0.361 e. The van der Waals surface area contributed by atoms with Gasteiger partial charge in [0, 0.05) is 35.6 Å². The highest BCUT2D eigenvalue weighted by atomic mass is 16.2. The maximum Gasteiger partial charge on any atom is 0.244 e. The van der Waals surface area contributed by atoms with Gasteiger partial charge < -0.3 is 15.6 Å². The molecule has 4 aromatic rings. The lowest BCUT2D eigenvalue weighted by Gasteiger charge is -2.18. The molecule has 0 aliphatic rings.